The first-order valence-corrected chi connectivity index (χ1v) is 6.89. The minimum Gasteiger partial charge on any atom is -0.394 e. The van der Waals surface area contributed by atoms with Crippen molar-refractivity contribution in [3.8, 4) is 0 Å². The number of pyridine rings is 1. The first kappa shape index (κ1) is 14.7. The van der Waals surface area contributed by atoms with Crippen molar-refractivity contribution in [1.29, 1.82) is 0 Å². The molecule has 0 aliphatic carbocycles. The SMILES string of the molecule is CCNc1ccc(C(=O)N2CC(CO)OCC2C)cn1. The Morgan fingerprint density at radius 3 is 3.00 bits per heavy atom. The fraction of sp³-hybridized carbons (Fsp3) is 0.571. The van der Waals surface area contributed by atoms with Crippen molar-refractivity contribution >= 4 is 11.7 Å². The number of morpholine rings is 1. The van der Waals surface area contributed by atoms with Crippen LogP contribution in [0.25, 0.3) is 0 Å². The lowest BCUT2D eigenvalue weighted by Crippen LogP contribution is -2.52. The smallest absolute Gasteiger partial charge is 0.255 e. The third kappa shape index (κ3) is 3.26. The van der Waals surface area contributed by atoms with Crippen molar-refractivity contribution in [2.24, 2.45) is 0 Å². The average molecular weight is 279 g/mol. The van der Waals surface area contributed by atoms with Crippen molar-refractivity contribution in [2.45, 2.75) is 26.0 Å². The highest BCUT2D eigenvalue weighted by atomic mass is 16.5. The molecule has 2 unspecified atom stereocenters. The predicted molar refractivity (Wildman–Crippen MR) is 75.7 cm³/mol. The quantitative estimate of drug-likeness (QED) is 0.850. The number of carbonyl (C=O) groups is 1. The van der Waals surface area contributed by atoms with E-state index in [1.807, 2.05) is 13.8 Å². The fourth-order valence-electron chi connectivity index (χ4n) is 2.18. The van der Waals surface area contributed by atoms with E-state index < -0.39 is 0 Å². The van der Waals surface area contributed by atoms with Crippen LogP contribution in [0.5, 0.6) is 0 Å². The molecule has 6 nitrogen and oxygen atoms in total. The minimum atomic E-state index is -0.302. The normalized spacial score (nSPS) is 22.6. The zero-order valence-corrected chi connectivity index (χ0v) is 11.9. The number of ether oxygens (including phenoxy) is 1. The molecule has 6 heteroatoms. The van der Waals surface area contributed by atoms with E-state index in [4.69, 9.17) is 9.84 Å². The summed E-state index contributed by atoms with van der Waals surface area (Å²) in [6.45, 7) is 5.50. The van der Waals surface area contributed by atoms with Crippen LogP contribution in [0.4, 0.5) is 5.82 Å². The molecule has 1 aliphatic heterocycles. The molecule has 0 radical (unpaired) electrons. The lowest BCUT2D eigenvalue weighted by Gasteiger charge is -2.37. The van der Waals surface area contributed by atoms with Gasteiger partial charge in [0.2, 0.25) is 0 Å². The maximum Gasteiger partial charge on any atom is 0.255 e. The third-order valence-electron chi connectivity index (χ3n) is 3.34. The number of aromatic nitrogens is 1. The lowest BCUT2D eigenvalue weighted by molar-refractivity contribution is -0.0667. The van der Waals surface area contributed by atoms with Gasteiger partial charge < -0.3 is 20.1 Å². The molecule has 1 aliphatic rings. The zero-order chi connectivity index (χ0) is 14.5. The summed E-state index contributed by atoms with van der Waals surface area (Å²) < 4.78 is 5.44. The van der Waals surface area contributed by atoms with Crippen LogP contribution in [-0.4, -0.2) is 59.3 Å². The Morgan fingerprint density at radius 2 is 2.40 bits per heavy atom. The molecular formula is C14H21N3O3. The molecule has 2 atom stereocenters. The van der Waals surface area contributed by atoms with Gasteiger partial charge in [0, 0.05) is 19.3 Å². The van der Waals surface area contributed by atoms with Crippen molar-refractivity contribution in [2.75, 3.05) is 31.6 Å². The van der Waals surface area contributed by atoms with Gasteiger partial charge >= 0.3 is 0 Å². The first-order chi connectivity index (χ1) is 9.65. The van der Waals surface area contributed by atoms with Gasteiger partial charge in [-0.05, 0) is 26.0 Å². The molecule has 0 aromatic carbocycles. The standard InChI is InChI=1S/C14H21N3O3/c1-3-15-13-5-4-11(6-16-13)14(19)17-7-12(8-18)20-9-10(17)2/h4-6,10,12,18H,3,7-9H2,1-2H3,(H,15,16). The van der Waals surface area contributed by atoms with E-state index in [9.17, 15) is 4.79 Å². The Morgan fingerprint density at radius 1 is 1.60 bits per heavy atom. The fourth-order valence-corrected chi connectivity index (χ4v) is 2.18. The second kappa shape index (κ2) is 6.67. The highest BCUT2D eigenvalue weighted by Crippen LogP contribution is 2.16. The van der Waals surface area contributed by atoms with E-state index >= 15 is 0 Å². The van der Waals surface area contributed by atoms with Crippen LogP contribution < -0.4 is 5.32 Å². The number of hydrogen-bond acceptors (Lipinski definition) is 5. The van der Waals surface area contributed by atoms with Crippen molar-refractivity contribution in [1.82, 2.24) is 9.88 Å². The summed E-state index contributed by atoms with van der Waals surface area (Å²) in [7, 11) is 0. The van der Waals surface area contributed by atoms with E-state index in [-0.39, 0.29) is 24.7 Å². The summed E-state index contributed by atoms with van der Waals surface area (Å²) in [6.07, 6.45) is 1.28. The topological polar surface area (TPSA) is 74.7 Å². The Bertz CT molecular complexity index is 449. The van der Waals surface area contributed by atoms with E-state index in [1.54, 1.807) is 23.2 Å². The molecule has 2 rings (SSSR count). The van der Waals surface area contributed by atoms with Gasteiger partial charge in [0.25, 0.3) is 5.91 Å². The van der Waals surface area contributed by atoms with Crippen LogP contribution in [0.2, 0.25) is 0 Å². The van der Waals surface area contributed by atoms with Crippen LogP contribution in [0.1, 0.15) is 24.2 Å². The van der Waals surface area contributed by atoms with Gasteiger partial charge in [-0.3, -0.25) is 4.79 Å². The van der Waals surface area contributed by atoms with Gasteiger partial charge in [0.15, 0.2) is 0 Å². The molecule has 1 aromatic rings. The Balaban J connectivity index is 2.08. The molecule has 0 bridgehead atoms. The molecule has 2 heterocycles. The number of rotatable bonds is 4. The number of hydrogen-bond donors (Lipinski definition) is 2. The Labute approximate surface area is 118 Å². The molecule has 1 aromatic heterocycles. The van der Waals surface area contributed by atoms with Gasteiger partial charge in [0.1, 0.15) is 5.82 Å². The van der Waals surface area contributed by atoms with E-state index in [0.29, 0.717) is 18.7 Å². The number of carbonyl (C=O) groups excluding carboxylic acids is 1. The molecule has 1 fully saturated rings. The van der Waals surface area contributed by atoms with Crippen LogP contribution in [-0.2, 0) is 4.74 Å². The number of aliphatic hydroxyl groups is 1. The van der Waals surface area contributed by atoms with Gasteiger partial charge in [-0.1, -0.05) is 0 Å². The van der Waals surface area contributed by atoms with E-state index in [0.717, 1.165) is 12.4 Å². The Hall–Kier alpha value is -1.66. The number of amides is 1. The van der Waals surface area contributed by atoms with E-state index in [1.165, 1.54) is 0 Å². The highest BCUT2D eigenvalue weighted by Gasteiger charge is 2.29. The molecule has 1 saturated heterocycles. The molecule has 0 saturated carbocycles. The summed E-state index contributed by atoms with van der Waals surface area (Å²) in [5, 5.41) is 12.2. The molecular weight excluding hydrogens is 258 g/mol. The molecule has 1 amide bonds. The van der Waals surface area contributed by atoms with Gasteiger partial charge in [-0.15, -0.1) is 0 Å². The van der Waals surface area contributed by atoms with Gasteiger partial charge in [0.05, 0.1) is 30.9 Å². The molecule has 20 heavy (non-hydrogen) atoms. The predicted octanol–water partition coefficient (Wildman–Crippen LogP) is 0.735. The number of nitrogens with one attached hydrogen (secondary N) is 1. The highest BCUT2D eigenvalue weighted by molar-refractivity contribution is 5.94. The summed E-state index contributed by atoms with van der Waals surface area (Å²) in [5.74, 6) is 0.683. The largest absolute Gasteiger partial charge is 0.394 e. The summed E-state index contributed by atoms with van der Waals surface area (Å²) in [6, 6.07) is 3.56. The number of anilines is 1. The minimum absolute atomic E-state index is 0.00116. The monoisotopic (exact) mass is 279 g/mol. The van der Waals surface area contributed by atoms with Gasteiger partial charge in [-0.2, -0.15) is 0 Å². The number of aliphatic hydroxyl groups excluding tert-OH is 1. The average Bonchev–Trinajstić information content (AvgIpc) is 2.48. The third-order valence-corrected chi connectivity index (χ3v) is 3.34. The summed E-state index contributed by atoms with van der Waals surface area (Å²) in [4.78, 5) is 18.4. The molecule has 0 spiro atoms. The second-order valence-corrected chi connectivity index (χ2v) is 4.91. The van der Waals surface area contributed by atoms with Crippen molar-refractivity contribution in [3.05, 3.63) is 23.9 Å². The maximum atomic E-state index is 12.5. The zero-order valence-electron chi connectivity index (χ0n) is 11.9. The summed E-state index contributed by atoms with van der Waals surface area (Å²) in [5.41, 5.74) is 0.553. The second-order valence-electron chi connectivity index (χ2n) is 4.91. The number of nitrogens with zero attached hydrogens (tertiary/aromatic N) is 2. The lowest BCUT2D eigenvalue weighted by atomic mass is 10.1. The molecule has 110 valence electrons. The summed E-state index contributed by atoms with van der Waals surface area (Å²) >= 11 is 0. The van der Waals surface area contributed by atoms with Crippen LogP contribution in [0.15, 0.2) is 18.3 Å². The van der Waals surface area contributed by atoms with Crippen molar-refractivity contribution < 1.29 is 14.6 Å². The first-order valence-electron chi connectivity index (χ1n) is 6.89. The maximum absolute atomic E-state index is 12.5. The van der Waals surface area contributed by atoms with Crippen LogP contribution >= 0.6 is 0 Å². The molecule has 2 N–H and O–H groups in total. The van der Waals surface area contributed by atoms with Gasteiger partial charge in [-0.25, -0.2) is 4.98 Å². The van der Waals surface area contributed by atoms with Crippen LogP contribution in [0, 0.1) is 0 Å². The Kier molecular flexibility index (Phi) is 4.92. The van der Waals surface area contributed by atoms with Crippen LogP contribution in [0.3, 0.4) is 0 Å². The van der Waals surface area contributed by atoms with Crippen molar-refractivity contribution in [3.63, 3.8) is 0 Å². The van der Waals surface area contributed by atoms with E-state index in [2.05, 4.69) is 10.3 Å².